The van der Waals surface area contributed by atoms with Crippen molar-refractivity contribution in [3.8, 4) is 0 Å². The van der Waals surface area contributed by atoms with Gasteiger partial charge in [0.05, 0.1) is 19.7 Å². The van der Waals surface area contributed by atoms with Crippen molar-refractivity contribution in [2.75, 3.05) is 26.2 Å². The lowest BCUT2D eigenvalue weighted by Crippen LogP contribution is -2.48. The molecular formula is C10H19FN2O2. The molecule has 0 radical (unpaired) electrons. The van der Waals surface area contributed by atoms with Crippen molar-refractivity contribution in [1.82, 2.24) is 10.2 Å². The van der Waals surface area contributed by atoms with Crippen molar-refractivity contribution in [2.24, 2.45) is 0 Å². The third kappa shape index (κ3) is 3.76. The monoisotopic (exact) mass is 218 g/mol. The number of nitrogens with one attached hydrogen (secondary N) is 1. The number of alkyl halides is 1. The number of likely N-dealkylation sites (tertiary alicyclic amines) is 1. The number of halogens is 1. The normalized spacial score (nSPS) is 22.1. The molecule has 5 heteroatoms. The van der Waals surface area contributed by atoms with Crippen LogP contribution in [-0.4, -0.2) is 53.9 Å². The molecule has 2 N–H and O–H groups in total. The van der Waals surface area contributed by atoms with Crippen LogP contribution in [0.1, 0.15) is 20.3 Å². The first-order valence-electron chi connectivity index (χ1n) is 5.22. The molecule has 1 saturated heterocycles. The van der Waals surface area contributed by atoms with E-state index in [9.17, 15) is 9.18 Å². The second-order valence-electron chi connectivity index (χ2n) is 4.62. The van der Waals surface area contributed by atoms with Gasteiger partial charge in [-0.25, -0.2) is 4.39 Å². The van der Waals surface area contributed by atoms with Crippen molar-refractivity contribution in [3.05, 3.63) is 0 Å². The first-order chi connectivity index (χ1) is 6.94. The molecule has 1 aliphatic heterocycles. The van der Waals surface area contributed by atoms with Gasteiger partial charge in [0.1, 0.15) is 6.17 Å². The van der Waals surface area contributed by atoms with Gasteiger partial charge in [0.25, 0.3) is 0 Å². The standard InChI is InChI=1S/C10H19FN2O2/c1-10(2,7-14)12-5-9(15)13-4-3-8(11)6-13/h8,12,14H,3-7H2,1-2H3. The zero-order chi connectivity index (χ0) is 11.5. The molecule has 0 aromatic carbocycles. The number of rotatable bonds is 4. The van der Waals surface area contributed by atoms with Crippen LogP contribution in [0.2, 0.25) is 0 Å². The van der Waals surface area contributed by atoms with Crippen LogP contribution >= 0.6 is 0 Å². The van der Waals surface area contributed by atoms with Crippen LogP contribution in [0.15, 0.2) is 0 Å². The Labute approximate surface area is 89.4 Å². The predicted octanol–water partition coefficient (Wildman–Crippen LogP) is -0.0827. The van der Waals surface area contributed by atoms with Crippen molar-refractivity contribution in [1.29, 1.82) is 0 Å². The fourth-order valence-electron chi connectivity index (χ4n) is 1.43. The SMILES string of the molecule is CC(C)(CO)NCC(=O)N1CCC(F)C1. The fourth-order valence-corrected chi connectivity index (χ4v) is 1.43. The summed E-state index contributed by atoms with van der Waals surface area (Å²) in [5.41, 5.74) is -0.468. The summed E-state index contributed by atoms with van der Waals surface area (Å²) >= 11 is 0. The Morgan fingerprint density at radius 3 is 2.80 bits per heavy atom. The summed E-state index contributed by atoms with van der Waals surface area (Å²) in [6.45, 7) is 4.44. The summed E-state index contributed by atoms with van der Waals surface area (Å²) in [4.78, 5) is 13.1. The molecule has 1 heterocycles. The maximum absolute atomic E-state index is 12.8. The lowest BCUT2D eigenvalue weighted by molar-refractivity contribution is -0.129. The summed E-state index contributed by atoms with van der Waals surface area (Å²) in [5, 5.41) is 11.9. The molecule has 4 nitrogen and oxygen atoms in total. The Morgan fingerprint density at radius 1 is 1.67 bits per heavy atom. The Hall–Kier alpha value is -0.680. The average molecular weight is 218 g/mol. The highest BCUT2D eigenvalue weighted by Crippen LogP contribution is 2.12. The van der Waals surface area contributed by atoms with E-state index < -0.39 is 11.7 Å². The number of hydrogen-bond donors (Lipinski definition) is 2. The van der Waals surface area contributed by atoms with E-state index >= 15 is 0 Å². The van der Waals surface area contributed by atoms with Gasteiger partial charge >= 0.3 is 0 Å². The van der Waals surface area contributed by atoms with Gasteiger partial charge < -0.3 is 15.3 Å². The van der Waals surface area contributed by atoms with E-state index in [1.54, 1.807) is 0 Å². The Bertz CT molecular complexity index is 233. The smallest absolute Gasteiger partial charge is 0.236 e. The Balaban J connectivity index is 2.30. The number of nitrogens with zero attached hydrogens (tertiary/aromatic N) is 1. The van der Waals surface area contributed by atoms with Crippen LogP contribution in [0.5, 0.6) is 0 Å². The van der Waals surface area contributed by atoms with Gasteiger partial charge in [-0.3, -0.25) is 4.79 Å². The van der Waals surface area contributed by atoms with Crippen LogP contribution in [0.3, 0.4) is 0 Å². The number of hydrogen-bond acceptors (Lipinski definition) is 3. The number of aliphatic hydroxyl groups excluding tert-OH is 1. The van der Waals surface area contributed by atoms with E-state index in [0.29, 0.717) is 13.0 Å². The molecule has 0 aliphatic carbocycles. The highest BCUT2D eigenvalue weighted by molar-refractivity contribution is 5.78. The molecule has 1 fully saturated rings. The van der Waals surface area contributed by atoms with Crippen LogP contribution in [0.4, 0.5) is 4.39 Å². The molecule has 1 aliphatic rings. The summed E-state index contributed by atoms with van der Waals surface area (Å²) < 4.78 is 12.8. The van der Waals surface area contributed by atoms with E-state index in [0.717, 1.165) is 0 Å². The first kappa shape index (κ1) is 12.4. The maximum atomic E-state index is 12.8. The lowest BCUT2D eigenvalue weighted by Gasteiger charge is -2.25. The number of carbonyl (C=O) groups is 1. The van der Waals surface area contributed by atoms with Gasteiger partial charge in [0.15, 0.2) is 0 Å². The summed E-state index contributed by atoms with van der Waals surface area (Å²) in [5.74, 6) is -0.100. The fraction of sp³-hybridized carbons (Fsp3) is 0.900. The minimum absolute atomic E-state index is 0.0357. The third-order valence-electron chi connectivity index (χ3n) is 2.60. The van der Waals surface area contributed by atoms with Crippen molar-refractivity contribution in [2.45, 2.75) is 32.0 Å². The van der Waals surface area contributed by atoms with E-state index in [1.165, 1.54) is 4.90 Å². The number of carbonyl (C=O) groups excluding carboxylic acids is 1. The van der Waals surface area contributed by atoms with Crippen LogP contribution < -0.4 is 5.32 Å². The molecular weight excluding hydrogens is 199 g/mol. The lowest BCUT2D eigenvalue weighted by atomic mass is 10.1. The zero-order valence-corrected chi connectivity index (χ0v) is 9.29. The Kier molecular flexibility index (Phi) is 4.04. The van der Waals surface area contributed by atoms with Gasteiger partial charge in [-0.05, 0) is 20.3 Å². The van der Waals surface area contributed by atoms with Crippen LogP contribution in [-0.2, 0) is 4.79 Å². The molecule has 0 aromatic rings. The number of aliphatic hydroxyl groups is 1. The van der Waals surface area contributed by atoms with E-state index in [4.69, 9.17) is 5.11 Å². The molecule has 0 aromatic heterocycles. The summed E-state index contributed by atoms with van der Waals surface area (Å²) in [7, 11) is 0. The van der Waals surface area contributed by atoms with Crippen molar-refractivity contribution >= 4 is 5.91 Å². The minimum atomic E-state index is -0.875. The van der Waals surface area contributed by atoms with Gasteiger partial charge in [0.2, 0.25) is 5.91 Å². The molecule has 1 atom stereocenters. The molecule has 0 saturated carbocycles. The predicted molar refractivity (Wildman–Crippen MR) is 55.3 cm³/mol. The Morgan fingerprint density at radius 2 is 2.33 bits per heavy atom. The molecule has 1 unspecified atom stereocenters. The molecule has 15 heavy (non-hydrogen) atoms. The first-order valence-corrected chi connectivity index (χ1v) is 5.22. The van der Waals surface area contributed by atoms with Crippen molar-refractivity contribution < 1.29 is 14.3 Å². The average Bonchev–Trinajstić information content (AvgIpc) is 2.61. The van der Waals surface area contributed by atoms with Gasteiger partial charge in [-0.1, -0.05) is 0 Å². The second-order valence-corrected chi connectivity index (χ2v) is 4.62. The molecule has 0 bridgehead atoms. The van der Waals surface area contributed by atoms with E-state index in [-0.39, 0.29) is 25.6 Å². The maximum Gasteiger partial charge on any atom is 0.236 e. The quantitative estimate of drug-likeness (QED) is 0.694. The largest absolute Gasteiger partial charge is 0.394 e. The van der Waals surface area contributed by atoms with E-state index in [2.05, 4.69) is 5.32 Å². The van der Waals surface area contributed by atoms with Crippen LogP contribution in [0.25, 0.3) is 0 Å². The summed E-state index contributed by atoms with van der Waals surface area (Å²) in [6, 6.07) is 0. The third-order valence-corrected chi connectivity index (χ3v) is 2.60. The molecule has 1 amide bonds. The molecule has 0 spiro atoms. The van der Waals surface area contributed by atoms with Crippen molar-refractivity contribution in [3.63, 3.8) is 0 Å². The molecule has 88 valence electrons. The second kappa shape index (κ2) is 4.90. The van der Waals surface area contributed by atoms with Gasteiger partial charge in [-0.2, -0.15) is 0 Å². The van der Waals surface area contributed by atoms with Gasteiger partial charge in [-0.15, -0.1) is 0 Å². The highest BCUT2D eigenvalue weighted by Gasteiger charge is 2.26. The topological polar surface area (TPSA) is 52.6 Å². The zero-order valence-electron chi connectivity index (χ0n) is 9.29. The van der Waals surface area contributed by atoms with E-state index in [1.807, 2.05) is 13.8 Å². The van der Waals surface area contributed by atoms with Gasteiger partial charge in [0, 0.05) is 12.1 Å². The molecule has 1 rings (SSSR count). The minimum Gasteiger partial charge on any atom is -0.394 e. The van der Waals surface area contributed by atoms with Crippen LogP contribution in [0, 0.1) is 0 Å². The summed E-state index contributed by atoms with van der Waals surface area (Å²) in [6.07, 6.45) is -0.436. The number of amides is 1. The highest BCUT2D eigenvalue weighted by atomic mass is 19.1.